The van der Waals surface area contributed by atoms with Gasteiger partial charge < -0.3 is 25.3 Å². The van der Waals surface area contributed by atoms with Crippen LogP contribution in [0.5, 0.6) is 17.2 Å². The van der Waals surface area contributed by atoms with E-state index >= 15 is 0 Å². The number of amides is 1. The molecular weight excluding hydrogens is 370 g/mol. The van der Waals surface area contributed by atoms with Gasteiger partial charge in [0.1, 0.15) is 11.6 Å². The minimum atomic E-state index is -0.170. The van der Waals surface area contributed by atoms with E-state index in [4.69, 9.17) is 25.4 Å². The second kappa shape index (κ2) is 9.14. The zero-order valence-electron chi connectivity index (χ0n) is 16.5. The van der Waals surface area contributed by atoms with Crippen LogP contribution in [0.4, 0.5) is 0 Å². The third-order valence-electron chi connectivity index (χ3n) is 4.83. The number of amidine groups is 1. The molecule has 29 heavy (non-hydrogen) atoms. The maximum Gasteiger partial charge on any atom is 0.243 e. The predicted molar refractivity (Wildman–Crippen MR) is 112 cm³/mol. The number of methoxy groups -OCH3 is 2. The van der Waals surface area contributed by atoms with Crippen molar-refractivity contribution in [3.05, 3.63) is 59.2 Å². The number of rotatable bonds is 8. The number of nitrogens with two attached hydrogens (primary N) is 1. The van der Waals surface area contributed by atoms with Crippen LogP contribution in [0, 0.1) is 5.41 Å². The standard InChI is InChI=1S/C22H25N3O4/c1-27-19-6-3-14(11-20(19)28-2)4-8-21(26)25-10-9-16-13-29-18-7-5-15(22(23)24)12-17(16)18/h3-8,11-12,16H,9-10,13H2,1-2H3,(H3,23,24)(H,25,26). The van der Waals surface area contributed by atoms with Gasteiger partial charge in [0.05, 0.1) is 20.8 Å². The summed E-state index contributed by atoms with van der Waals surface area (Å²) in [7, 11) is 3.15. The molecule has 2 aromatic rings. The smallest absolute Gasteiger partial charge is 0.243 e. The molecule has 1 unspecified atom stereocenters. The van der Waals surface area contributed by atoms with E-state index in [1.165, 1.54) is 6.08 Å². The second-order valence-corrected chi connectivity index (χ2v) is 6.70. The predicted octanol–water partition coefficient (Wildman–Crippen LogP) is 2.68. The van der Waals surface area contributed by atoms with Crippen molar-refractivity contribution in [1.29, 1.82) is 5.41 Å². The van der Waals surface area contributed by atoms with E-state index in [2.05, 4.69) is 5.32 Å². The molecule has 1 aliphatic rings. The topological polar surface area (TPSA) is 107 Å². The van der Waals surface area contributed by atoms with Crippen LogP contribution in [0.1, 0.15) is 29.0 Å². The summed E-state index contributed by atoms with van der Waals surface area (Å²) in [5.41, 5.74) is 8.13. The van der Waals surface area contributed by atoms with Crippen LogP contribution in [0.3, 0.4) is 0 Å². The molecule has 1 atom stereocenters. The van der Waals surface area contributed by atoms with Crippen molar-refractivity contribution in [1.82, 2.24) is 5.32 Å². The van der Waals surface area contributed by atoms with Crippen LogP contribution in [0.2, 0.25) is 0 Å². The fourth-order valence-corrected chi connectivity index (χ4v) is 3.24. The molecule has 0 aromatic heterocycles. The number of carbonyl (C=O) groups excluding carboxylic acids is 1. The molecule has 0 bridgehead atoms. The minimum Gasteiger partial charge on any atom is -0.493 e. The summed E-state index contributed by atoms with van der Waals surface area (Å²) in [6.07, 6.45) is 3.96. The maximum absolute atomic E-state index is 12.1. The third kappa shape index (κ3) is 4.87. The highest BCUT2D eigenvalue weighted by molar-refractivity contribution is 5.95. The number of fused-ring (bicyclic) bond motifs is 1. The van der Waals surface area contributed by atoms with Gasteiger partial charge in [0.2, 0.25) is 5.91 Å². The van der Waals surface area contributed by atoms with Gasteiger partial charge in [0.25, 0.3) is 0 Å². The van der Waals surface area contributed by atoms with E-state index in [-0.39, 0.29) is 17.7 Å². The molecule has 152 valence electrons. The van der Waals surface area contributed by atoms with Gasteiger partial charge in [-0.3, -0.25) is 10.2 Å². The van der Waals surface area contributed by atoms with Gasteiger partial charge in [0.15, 0.2) is 11.5 Å². The Morgan fingerprint density at radius 2 is 2.03 bits per heavy atom. The Labute approximate surface area is 170 Å². The molecule has 7 heteroatoms. The number of benzene rings is 2. The average molecular weight is 395 g/mol. The summed E-state index contributed by atoms with van der Waals surface area (Å²) < 4.78 is 16.2. The lowest BCUT2D eigenvalue weighted by molar-refractivity contribution is -0.116. The van der Waals surface area contributed by atoms with Crippen LogP contribution in [0.15, 0.2) is 42.5 Å². The van der Waals surface area contributed by atoms with Gasteiger partial charge in [-0.2, -0.15) is 0 Å². The van der Waals surface area contributed by atoms with E-state index < -0.39 is 0 Å². The number of carbonyl (C=O) groups is 1. The van der Waals surface area contributed by atoms with Crippen molar-refractivity contribution in [3.63, 3.8) is 0 Å². The summed E-state index contributed by atoms with van der Waals surface area (Å²) in [5.74, 6) is 2.10. The largest absolute Gasteiger partial charge is 0.493 e. The van der Waals surface area contributed by atoms with Gasteiger partial charge >= 0.3 is 0 Å². The van der Waals surface area contributed by atoms with Gasteiger partial charge in [-0.05, 0) is 48.4 Å². The Morgan fingerprint density at radius 3 is 2.76 bits per heavy atom. The molecule has 1 amide bonds. The highest BCUT2D eigenvalue weighted by atomic mass is 16.5. The molecule has 1 aliphatic heterocycles. The zero-order valence-corrected chi connectivity index (χ0v) is 16.5. The Kier molecular flexibility index (Phi) is 6.39. The van der Waals surface area contributed by atoms with Crippen molar-refractivity contribution in [2.45, 2.75) is 12.3 Å². The van der Waals surface area contributed by atoms with Crippen molar-refractivity contribution < 1.29 is 19.0 Å². The highest BCUT2D eigenvalue weighted by Gasteiger charge is 2.24. The number of nitrogens with one attached hydrogen (secondary N) is 2. The monoisotopic (exact) mass is 395 g/mol. The Morgan fingerprint density at radius 1 is 1.24 bits per heavy atom. The molecule has 0 saturated carbocycles. The molecule has 1 heterocycles. The van der Waals surface area contributed by atoms with Crippen LogP contribution in [0.25, 0.3) is 6.08 Å². The second-order valence-electron chi connectivity index (χ2n) is 6.70. The molecule has 0 fully saturated rings. The first-order valence-electron chi connectivity index (χ1n) is 9.31. The SMILES string of the molecule is COc1ccc(C=CC(=O)NCCC2COc3ccc(C(=N)N)cc32)cc1OC. The quantitative estimate of drug-likeness (QED) is 0.362. The molecule has 4 N–H and O–H groups in total. The molecular formula is C22H25N3O4. The molecule has 3 rings (SSSR count). The van der Waals surface area contributed by atoms with Crippen molar-refractivity contribution in [2.24, 2.45) is 5.73 Å². The van der Waals surface area contributed by atoms with Crippen molar-refractivity contribution in [2.75, 3.05) is 27.4 Å². The van der Waals surface area contributed by atoms with E-state index in [1.54, 1.807) is 32.4 Å². The fourth-order valence-electron chi connectivity index (χ4n) is 3.24. The molecule has 0 spiro atoms. The van der Waals surface area contributed by atoms with Gasteiger partial charge in [-0.25, -0.2) is 0 Å². The van der Waals surface area contributed by atoms with Crippen LogP contribution in [-0.4, -0.2) is 39.1 Å². The molecule has 2 aromatic carbocycles. The van der Waals surface area contributed by atoms with E-state index in [0.717, 1.165) is 23.3 Å². The molecule has 7 nitrogen and oxygen atoms in total. The highest BCUT2D eigenvalue weighted by Crippen LogP contribution is 2.36. The molecule has 0 saturated heterocycles. The first-order valence-corrected chi connectivity index (χ1v) is 9.31. The summed E-state index contributed by atoms with van der Waals surface area (Å²) in [4.78, 5) is 12.1. The number of hydrogen-bond donors (Lipinski definition) is 3. The Bertz CT molecular complexity index is 940. The van der Waals surface area contributed by atoms with Crippen molar-refractivity contribution in [3.8, 4) is 17.2 Å². The van der Waals surface area contributed by atoms with Crippen molar-refractivity contribution >= 4 is 17.8 Å². The van der Waals surface area contributed by atoms with E-state index in [0.29, 0.717) is 30.2 Å². The Balaban J connectivity index is 1.53. The zero-order chi connectivity index (χ0) is 20.8. The lowest BCUT2D eigenvalue weighted by atomic mass is 9.96. The molecule has 0 radical (unpaired) electrons. The Hall–Kier alpha value is -3.48. The van der Waals surface area contributed by atoms with E-state index in [9.17, 15) is 4.79 Å². The number of hydrogen-bond acceptors (Lipinski definition) is 5. The minimum absolute atomic E-state index is 0.0343. The van der Waals surface area contributed by atoms with Crippen LogP contribution >= 0.6 is 0 Å². The average Bonchev–Trinajstić information content (AvgIpc) is 3.14. The van der Waals surface area contributed by atoms with Crippen LogP contribution in [-0.2, 0) is 4.79 Å². The normalized spacial score (nSPS) is 14.9. The fraction of sp³-hybridized carbons (Fsp3) is 0.273. The summed E-state index contributed by atoms with van der Waals surface area (Å²) in [6.45, 7) is 1.08. The first-order chi connectivity index (χ1) is 14.0. The van der Waals surface area contributed by atoms with Gasteiger partial charge in [-0.15, -0.1) is 0 Å². The van der Waals surface area contributed by atoms with Crippen LogP contribution < -0.4 is 25.3 Å². The summed E-state index contributed by atoms with van der Waals surface area (Å²) in [5, 5.41) is 10.5. The van der Waals surface area contributed by atoms with E-state index in [1.807, 2.05) is 24.3 Å². The summed E-state index contributed by atoms with van der Waals surface area (Å²) >= 11 is 0. The molecule has 0 aliphatic carbocycles. The third-order valence-corrected chi connectivity index (χ3v) is 4.83. The lowest BCUT2D eigenvalue weighted by Gasteiger charge is -2.10. The lowest BCUT2D eigenvalue weighted by Crippen LogP contribution is -2.24. The number of nitrogen functional groups attached to an aromatic ring is 1. The maximum atomic E-state index is 12.1. The van der Waals surface area contributed by atoms with Gasteiger partial charge in [0, 0.05) is 29.7 Å². The van der Waals surface area contributed by atoms with Gasteiger partial charge in [-0.1, -0.05) is 6.07 Å². The summed E-state index contributed by atoms with van der Waals surface area (Å²) in [6, 6.07) is 11.0. The number of ether oxygens (including phenoxy) is 3. The first kappa shape index (κ1) is 20.3.